The SMILES string of the molecule is Nc1ccccc1NC(=O)CCCCCCC(=O)NCc1ccc([C@H]2O[C@@H](CN3CCC4(CC3)C(=O)NCN4c3ccccc3)C[C@@H](c3ccc(CO)cc3)O2)cc1. The molecule has 3 aliphatic rings. The maximum atomic E-state index is 13.3. The van der Waals surface area contributed by atoms with Crippen LogP contribution in [-0.2, 0) is 37.0 Å². The van der Waals surface area contributed by atoms with Crippen LogP contribution in [0.15, 0.2) is 103 Å². The number of amides is 3. The Bertz CT molecular complexity index is 1970. The summed E-state index contributed by atoms with van der Waals surface area (Å²) < 4.78 is 13.3. The molecular formula is C46H56N6O6. The molecule has 3 fully saturated rings. The summed E-state index contributed by atoms with van der Waals surface area (Å²) in [7, 11) is 0. The van der Waals surface area contributed by atoms with Crippen LogP contribution in [0.4, 0.5) is 17.1 Å². The minimum Gasteiger partial charge on any atom is -0.397 e. The second-order valence-electron chi connectivity index (χ2n) is 15.7. The number of aliphatic hydroxyl groups is 1. The number of piperidine rings is 1. The van der Waals surface area contributed by atoms with Crippen molar-refractivity contribution in [2.75, 3.05) is 42.3 Å². The van der Waals surface area contributed by atoms with Gasteiger partial charge in [-0.25, -0.2) is 0 Å². The number of benzene rings is 4. The molecule has 4 aromatic carbocycles. The van der Waals surface area contributed by atoms with E-state index in [1.54, 1.807) is 12.1 Å². The van der Waals surface area contributed by atoms with Gasteiger partial charge in [-0.1, -0.05) is 91.7 Å². The number of hydrogen-bond donors (Lipinski definition) is 5. The molecule has 0 aliphatic carbocycles. The fraction of sp³-hybridized carbons (Fsp3) is 0.413. The molecule has 12 nitrogen and oxygen atoms in total. The summed E-state index contributed by atoms with van der Waals surface area (Å²) in [5.74, 6) is 0.0527. The molecule has 1 spiro atoms. The lowest BCUT2D eigenvalue weighted by molar-refractivity contribution is -0.253. The zero-order valence-electron chi connectivity index (χ0n) is 33.1. The second kappa shape index (κ2) is 19.5. The number of carbonyl (C=O) groups is 3. The van der Waals surface area contributed by atoms with E-state index in [1.165, 1.54) is 0 Å². The molecule has 0 radical (unpaired) electrons. The number of unbranched alkanes of at least 4 members (excludes halogenated alkanes) is 3. The van der Waals surface area contributed by atoms with E-state index in [-0.39, 0.29) is 36.5 Å². The van der Waals surface area contributed by atoms with Crippen molar-refractivity contribution in [3.63, 3.8) is 0 Å². The molecule has 6 N–H and O–H groups in total. The summed E-state index contributed by atoms with van der Waals surface area (Å²) in [6, 6.07) is 33.3. The van der Waals surface area contributed by atoms with E-state index in [2.05, 4.69) is 37.9 Å². The fourth-order valence-corrected chi connectivity index (χ4v) is 8.29. The molecule has 3 aliphatic heterocycles. The number of para-hydroxylation sites is 3. The van der Waals surface area contributed by atoms with Crippen LogP contribution in [0.1, 0.15) is 92.4 Å². The quantitative estimate of drug-likeness (QED) is 0.0647. The van der Waals surface area contributed by atoms with Crippen molar-refractivity contribution in [2.24, 2.45) is 0 Å². The maximum absolute atomic E-state index is 13.3. The van der Waals surface area contributed by atoms with Crippen molar-refractivity contribution in [3.8, 4) is 0 Å². The molecule has 3 amide bonds. The highest BCUT2D eigenvalue weighted by Crippen LogP contribution is 2.40. The summed E-state index contributed by atoms with van der Waals surface area (Å²) in [6.07, 6.45) is 5.37. The summed E-state index contributed by atoms with van der Waals surface area (Å²) in [5, 5.41) is 18.6. The number of nitrogens with two attached hydrogens (primary N) is 1. The van der Waals surface area contributed by atoms with Gasteiger partial charge in [-0.3, -0.25) is 14.4 Å². The predicted octanol–water partition coefficient (Wildman–Crippen LogP) is 6.33. The summed E-state index contributed by atoms with van der Waals surface area (Å²) in [6.45, 7) is 3.21. The van der Waals surface area contributed by atoms with Crippen LogP contribution in [0, 0.1) is 0 Å². The first kappa shape index (κ1) is 40.9. The summed E-state index contributed by atoms with van der Waals surface area (Å²) in [4.78, 5) is 42.8. The minimum atomic E-state index is -0.585. The molecule has 3 atom stereocenters. The highest BCUT2D eigenvalue weighted by Gasteiger charge is 2.50. The van der Waals surface area contributed by atoms with Crippen LogP contribution >= 0.6 is 0 Å². The summed E-state index contributed by atoms with van der Waals surface area (Å²) >= 11 is 0. The van der Waals surface area contributed by atoms with Crippen molar-refractivity contribution in [2.45, 2.75) is 95.0 Å². The lowest BCUT2D eigenvalue weighted by Crippen LogP contribution is -2.57. The van der Waals surface area contributed by atoms with Crippen LogP contribution in [0.3, 0.4) is 0 Å². The molecule has 306 valence electrons. The lowest BCUT2D eigenvalue weighted by atomic mass is 9.85. The molecule has 0 aromatic heterocycles. The molecule has 3 heterocycles. The first-order valence-electron chi connectivity index (χ1n) is 20.6. The fourth-order valence-electron chi connectivity index (χ4n) is 8.29. The third-order valence-electron chi connectivity index (χ3n) is 11.7. The lowest BCUT2D eigenvalue weighted by Gasteiger charge is -2.45. The van der Waals surface area contributed by atoms with Gasteiger partial charge in [0.1, 0.15) is 5.54 Å². The standard InChI is InChI=1S/C46H56N6O6/c47-39-12-8-9-13-40(39)50-43(55)15-7-2-1-6-14-42(54)48-29-33-16-22-36(23-17-33)44-57-38(28-41(58-44)35-20-18-34(31-53)19-21-35)30-51-26-24-46(25-27-51)45(56)49-32-52(46)37-10-4-3-5-11-37/h3-5,8-13,16-23,38,41,44,53H,1-2,6-7,14-15,24-32,47H2,(H,48,54)(H,49,56)(H,50,55)/t38-,41+,44+/m1/s1. The van der Waals surface area contributed by atoms with Gasteiger partial charge in [-0.15, -0.1) is 0 Å². The first-order valence-corrected chi connectivity index (χ1v) is 20.6. The van der Waals surface area contributed by atoms with Crippen molar-refractivity contribution < 1.29 is 29.0 Å². The van der Waals surface area contributed by atoms with Crippen molar-refractivity contribution in [1.29, 1.82) is 0 Å². The van der Waals surface area contributed by atoms with Gasteiger partial charge in [0.2, 0.25) is 17.7 Å². The normalized spacial score (nSPS) is 20.5. The molecule has 0 saturated carbocycles. The monoisotopic (exact) mass is 788 g/mol. The van der Waals surface area contributed by atoms with Crippen molar-refractivity contribution in [1.82, 2.24) is 15.5 Å². The number of nitrogens with zero attached hydrogens (tertiary/aromatic N) is 2. The maximum Gasteiger partial charge on any atom is 0.247 e. The average Bonchev–Trinajstić information content (AvgIpc) is 3.57. The second-order valence-corrected chi connectivity index (χ2v) is 15.7. The number of ether oxygens (including phenoxy) is 2. The van der Waals surface area contributed by atoms with Gasteiger partial charge in [-0.2, -0.15) is 0 Å². The van der Waals surface area contributed by atoms with Crippen LogP contribution in [0.25, 0.3) is 0 Å². The number of likely N-dealkylation sites (tertiary alicyclic amines) is 1. The topological polar surface area (TPSA) is 158 Å². The molecule has 0 bridgehead atoms. The Morgan fingerprint density at radius 1 is 0.793 bits per heavy atom. The highest BCUT2D eigenvalue weighted by molar-refractivity contribution is 5.94. The molecule has 3 saturated heterocycles. The van der Waals surface area contributed by atoms with Crippen LogP contribution in [-0.4, -0.2) is 65.7 Å². The number of anilines is 3. The average molecular weight is 789 g/mol. The van der Waals surface area contributed by atoms with E-state index >= 15 is 0 Å². The number of nitrogens with one attached hydrogen (secondary N) is 3. The zero-order valence-corrected chi connectivity index (χ0v) is 33.1. The van der Waals surface area contributed by atoms with Gasteiger partial charge in [0, 0.05) is 56.7 Å². The summed E-state index contributed by atoms with van der Waals surface area (Å²) in [5.41, 5.74) is 11.4. The van der Waals surface area contributed by atoms with Gasteiger partial charge in [-0.05, 0) is 66.6 Å². The molecule has 12 heteroatoms. The van der Waals surface area contributed by atoms with Gasteiger partial charge >= 0.3 is 0 Å². The van der Waals surface area contributed by atoms with Crippen molar-refractivity contribution >= 4 is 34.8 Å². The Balaban J connectivity index is 0.889. The van der Waals surface area contributed by atoms with Crippen LogP contribution in [0.5, 0.6) is 0 Å². The third-order valence-corrected chi connectivity index (χ3v) is 11.7. The number of aliphatic hydroxyl groups excluding tert-OH is 1. The number of rotatable bonds is 16. The predicted molar refractivity (Wildman–Crippen MR) is 224 cm³/mol. The van der Waals surface area contributed by atoms with Crippen LogP contribution in [0.2, 0.25) is 0 Å². The van der Waals surface area contributed by atoms with E-state index in [4.69, 9.17) is 15.2 Å². The Hall–Kier alpha value is -5.27. The van der Waals surface area contributed by atoms with Gasteiger partial charge < -0.3 is 46.1 Å². The molecular weight excluding hydrogens is 733 g/mol. The van der Waals surface area contributed by atoms with E-state index in [0.717, 1.165) is 86.1 Å². The molecule has 58 heavy (non-hydrogen) atoms. The van der Waals surface area contributed by atoms with Gasteiger partial charge in [0.05, 0.1) is 36.9 Å². The third kappa shape index (κ3) is 10.2. The van der Waals surface area contributed by atoms with Crippen LogP contribution < -0.4 is 26.6 Å². The number of hydrogen-bond acceptors (Lipinski definition) is 9. The smallest absolute Gasteiger partial charge is 0.247 e. The Kier molecular flexibility index (Phi) is 13.7. The molecule has 0 unspecified atom stereocenters. The molecule has 4 aromatic rings. The van der Waals surface area contributed by atoms with Gasteiger partial charge in [0.15, 0.2) is 6.29 Å². The van der Waals surface area contributed by atoms with Gasteiger partial charge in [0.25, 0.3) is 0 Å². The highest BCUT2D eigenvalue weighted by atomic mass is 16.7. The van der Waals surface area contributed by atoms with E-state index in [0.29, 0.717) is 43.9 Å². The molecule has 7 rings (SSSR count). The largest absolute Gasteiger partial charge is 0.397 e. The zero-order chi connectivity index (χ0) is 40.3. The Labute approximate surface area is 341 Å². The van der Waals surface area contributed by atoms with E-state index in [9.17, 15) is 19.5 Å². The Morgan fingerprint density at radius 2 is 1.45 bits per heavy atom. The van der Waals surface area contributed by atoms with Crippen molar-refractivity contribution in [3.05, 3.63) is 125 Å². The Morgan fingerprint density at radius 3 is 2.16 bits per heavy atom. The van der Waals surface area contributed by atoms with E-state index < -0.39 is 11.8 Å². The minimum absolute atomic E-state index is 0.00295. The number of carbonyl (C=O) groups excluding carboxylic acids is 3. The first-order chi connectivity index (χ1) is 28.3. The van der Waals surface area contributed by atoms with E-state index in [1.807, 2.05) is 78.9 Å². The number of nitrogen functional groups attached to an aromatic ring is 1.